The van der Waals surface area contributed by atoms with Crippen molar-refractivity contribution in [3.05, 3.63) is 0 Å². The summed E-state index contributed by atoms with van der Waals surface area (Å²) in [5, 5.41) is 2.72. The molecular formula is C21H30N4O4. The van der Waals surface area contributed by atoms with E-state index in [0.717, 1.165) is 54.8 Å². The van der Waals surface area contributed by atoms with Gasteiger partial charge in [-0.3, -0.25) is 30.1 Å². The molecule has 0 aromatic rings. The van der Waals surface area contributed by atoms with Gasteiger partial charge < -0.3 is 5.32 Å². The number of amides is 5. The summed E-state index contributed by atoms with van der Waals surface area (Å²) in [6.45, 7) is 1.33. The van der Waals surface area contributed by atoms with Crippen molar-refractivity contribution in [3.63, 3.8) is 0 Å². The van der Waals surface area contributed by atoms with Crippen LogP contribution in [0, 0.1) is 29.1 Å². The molecule has 4 bridgehead atoms. The molecule has 1 atom stereocenters. The van der Waals surface area contributed by atoms with E-state index in [4.69, 9.17) is 0 Å². The SMILES string of the molecule is C[C@]1(C2CC2)NC(=O)N(CC(=O)NNC(=O)CC23CC4CC(CC(C4)C2)C3)C1=O. The molecule has 8 nitrogen and oxygen atoms in total. The lowest BCUT2D eigenvalue weighted by Gasteiger charge is -2.56. The van der Waals surface area contributed by atoms with Gasteiger partial charge in [-0.2, -0.15) is 0 Å². The number of rotatable bonds is 5. The van der Waals surface area contributed by atoms with Crippen LogP contribution in [0.4, 0.5) is 4.79 Å². The van der Waals surface area contributed by atoms with E-state index < -0.39 is 17.5 Å². The summed E-state index contributed by atoms with van der Waals surface area (Å²) in [6, 6.07) is -0.542. The highest BCUT2D eigenvalue weighted by molar-refractivity contribution is 6.09. The van der Waals surface area contributed by atoms with Crippen molar-refractivity contribution >= 4 is 23.8 Å². The predicted molar refractivity (Wildman–Crippen MR) is 103 cm³/mol. The smallest absolute Gasteiger partial charge is 0.323 e. The number of nitrogens with one attached hydrogen (secondary N) is 3. The van der Waals surface area contributed by atoms with Crippen molar-refractivity contribution in [2.24, 2.45) is 29.1 Å². The Morgan fingerprint density at radius 1 is 1.00 bits per heavy atom. The molecule has 0 spiro atoms. The lowest BCUT2D eigenvalue weighted by atomic mass is 9.49. The van der Waals surface area contributed by atoms with E-state index in [2.05, 4.69) is 16.2 Å². The van der Waals surface area contributed by atoms with E-state index in [-0.39, 0.29) is 29.7 Å². The largest absolute Gasteiger partial charge is 0.325 e. The molecule has 0 aromatic carbocycles. The van der Waals surface area contributed by atoms with Crippen LogP contribution in [0.5, 0.6) is 0 Å². The van der Waals surface area contributed by atoms with E-state index in [1.807, 2.05) is 0 Å². The lowest BCUT2D eigenvalue weighted by molar-refractivity contribution is -0.137. The first kappa shape index (κ1) is 18.9. The number of hydrazine groups is 1. The molecule has 5 saturated carbocycles. The molecule has 1 aliphatic heterocycles. The molecule has 5 aliphatic carbocycles. The molecule has 1 saturated heterocycles. The Morgan fingerprint density at radius 2 is 1.55 bits per heavy atom. The summed E-state index contributed by atoms with van der Waals surface area (Å²) in [5.41, 5.74) is 4.10. The molecule has 6 fully saturated rings. The average molecular weight is 402 g/mol. The second-order valence-electron chi connectivity index (χ2n) is 10.5. The Morgan fingerprint density at radius 3 is 2.10 bits per heavy atom. The first-order chi connectivity index (χ1) is 13.8. The molecule has 8 heteroatoms. The van der Waals surface area contributed by atoms with Crippen molar-refractivity contribution < 1.29 is 19.2 Å². The van der Waals surface area contributed by atoms with E-state index in [0.29, 0.717) is 6.42 Å². The Hall–Kier alpha value is -2.12. The Labute approximate surface area is 170 Å². The van der Waals surface area contributed by atoms with Crippen LogP contribution in [0.25, 0.3) is 0 Å². The third-order valence-electron chi connectivity index (χ3n) is 8.04. The van der Waals surface area contributed by atoms with Crippen molar-refractivity contribution in [1.82, 2.24) is 21.1 Å². The van der Waals surface area contributed by atoms with Crippen molar-refractivity contribution in [1.29, 1.82) is 0 Å². The molecule has 3 N–H and O–H groups in total. The maximum absolute atomic E-state index is 12.6. The van der Waals surface area contributed by atoms with Crippen molar-refractivity contribution in [3.8, 4) is 0 Å². The summed E-state index contributed by atoms with van der Waals surface area (Å²) in [4.78, 5) is 50.4. The third kappa shape index (κ3) is 3.30. The van der Waals surface area contributed by atoms with Crippen LogP contribution in [-0.2, 0) is 14.4 Å². The van der Waals surface area contributed by atoms with Crippen LogP contribution in [0.3, 0.4) is 0 Å². The van der Waals surface area contributed by atoms with Gasteiger partial charge in [0.1, 0.15) is 12.1 Å². The zero-order chi connectivity index (χ0) is 20.4. The summed E-state index contributed by atoms with van der Waals surface area (Å²) in [7, 11) is 0. The normalized spacial score (nSPS) is 40.2. The van der Waals surface area contributed by atoms with Gasteiger partial charge in [-0.1, -0.05) is 0 Å². The molecule has 158 valence electrons. The number of carbonyl (C=O) groups excluding carboxylic acids is 4. The zero-order valence-corrected chi connectivity index (χ0v) is 17.0. The zero-order valence-electron chi connectivity index (χ0n) is 17.0. The van der Waals surface area contributed by atoms with Gasteiger partial charge in [0, 0.05) is 6.42 Å². The van der Waals surface area contributed by atoms with Crippen LogP contribution in [0.15, 0.2) is 0 Å². The molecule has 1 heterocycles. The summed E-state index contributed by atoms with van der Waals surface area (Å²) in [6.07, 6.45) is 9.61. The minimum Gasteiger partial charge on any atom is -0.323 e. The molecule has 0 unspecified atom stereocenters. The summed E-state index contributed by atoms with van der Waals surface area (Å²) >= 11 is 0. The fraction of sp³-hybridized carbons (Fsp3) is 0.810. The molecule has 0 radical (unpaired) electrons. The second kappa shape index (κ2) is 6.44. The standard InChI is InChI=1S/C21H30N4O4/c1-20(15-2-3-15)18(28)25(19(29)22-20)11-17(27)24-23-16(26)10-21-7-12-4-13(8-21)6-14(5-12)9-21/h12-15H,2-11H2,1H3,(H,22,29)(H,23,26)(H,24,27)/t12?,13?,14?,20-,21?/m1/s1. The topological polar surface area (TPSA) is 108 Å². The molecule has 5 amide bonds. The van der Waals surface area contributed by atoms with Crippen molar-refractivity contribution in [2.75, 3.05) is 6.54 Å². The van der Waals surface area contributed by atoms with Crippen molar-refractivity contribution in [2.45, 2.75) is 70.3 Å². The minimum absolute atomic E-state index is 0.0977. The maximum atomic E-state index is 12.6. The quantitative estimate of drug-likeness (QED) is 0.478. The van der Waals surface area contributed by atoms with Gasteiger partial charge in [-0.05, 0) is 87.4 Å². The van der Waals surface area contributed by atoms with Gasteiger partial charge >= 0.3 is 6.03 Å². The summed E-state index contributed by atoms with van der Waals surface area (Å²) in [5.74, 6) is 1.34. The Kier molecular flexibility index (Phi) is 4.19. The molecule has 29 heavy (non-hydrogen) atoms. The number of urea groups is 1. The molecule has 6 aliphatic rings. The minimum atomic E-state index is -0.904. The summed E-state index contributed by atoms with van der Waals surface area (Å²) < 4.78 is 0. The molecular weight excluding hydrogens is 372 g/mol. The predicted octanol–water partition coefficient (Wildman–Crippen LogP) is 1.46. The van der Waals surface area contributed by atoms with Gasteiger partial charge in [0.25, 0.3) is 11.8 Å². The maximum Gasteiger partial charge on any atom is 0.325 e. The van der Waals surface area contributed by atoms with E-state index in [1.165, 1.54) is 19.3 Å². The number of hydrogen-bond acceptors (Lipinski definition) is 4. The fourth-order valence-electron chi connectivity index (χ4n) is 7.01. The van der Waals surface area contributed by atoms with Crippen LogP contribution in [0.2, 0.25) is 0 Å². The lowest BCUT2D eigenvalue weighted by Crippen LogP contribution is -2.52. The third-order valence-corrected chi connectivity index (χ3v) is 8.04. The van der Waals surface area contributed by atoms with Gasteiger partial charge in [0.15, 0.2) is 0 Å². The van der Waals surface area contributed by atoms with Crippen LogP contribution >= 0.6 is 0 Å². The fourth-order valence-corrected chi connectivity index (χ4v) is 7.01. The van der Waals surface area contributed by atoms with Gasteiger partial charge in [-0.25, -0.2) is 4.79 Å². The molecule has 0 aromatic heterocycles. The van der Waals surface area contributed by atoms with E-state index >= 15 is 0 Å². The van der Waals surface area contributed by atoms with Crippen LogP contribution in [0.1, 0.15) is 64.7 Å². The number of imide groups is 1. The van der Waals surface area contributed by atoms with Crippen LogP contribution in [-0.4, -0.2) is 40.7 Å². The number of nitrogens with zero attached hydrogens (tertiary/aromatic N) is 1. The Bertz CT molecular complexity index is 741. The van der Waals surface area contributed by atoms with E-state index in [1.54, 1.807) is 6.92 Å². The highest BCUT2D eigenvalue weighted by atomic mass is 16.2. The number of hydrogen-bond donors (Lipinski definition) is 3. The average Bonchev–Trinajstić information content (AvgIpc) is 3.45. The van der Waals surface area contributed by atoms with Gasteiger partial charge in [0.05, 0.1) is 0 Å². The first-order valence-electron chi connectivity index (χ1n) is 11.0. The van der Waals surface area contributed by atoms with Crippen LogP contribution < -0.4 is 16.2 Å². The van der Waals surface area contributed by atoms with Gasteiger partial charge in [-0.15, -0.1) is 0 Å². The number of carbonyl (C=O) groups is 4. The highest BCUT2D eigenvalue weighted by Gasteiger charge is 2.56. The molecule has 6 rings (SSSR count). The van der Waals surface area contributed by atoms with Gasteiger partial charge in [0.2, 0.25) is 5.91 Å². The monoisotopic (exact) mass is 402 g/mol. The van der Waals surface area contributed by atoms with E-state index in [9.17, 15) is 19.2 Å². The first-order valence-corrected chi connectivity index (χ1v) is 11.0. The highest BCUT2D eigenvalue weighted by Crippen LogP contribution is 2.61. The Balaban J connectivity index is 1.12. The second-order valence-corrected chi connectivity index (χ2v) is 10.5.